The number of halogens is 1. The number of piperazine rings is 1. The highest BCUT2D eigenvalue weighted by Crippen LogP contribution is 2.17. The fourth-order valence-corrected chi connectivity index (χ4v) is 3.58. The number of thioether (sulfide) groups is 1. The minimum atomic E-state index is -0.207. The number of hydrogen-bond donors (Lipinski definition) is 1. The molecular formula is C19H23FN4OS. The van der Waals surface area contributed by atoms with Crippen LogP contribution in [0.25, 0.3) is 0 Å². The summed E-state index contributed by atoms with van der Waals surface area (Å²) in [7, 11) is 0. The molecule has 1 aliphatic heterocycles. The zero-order valence-corrected chi connectivity index (χ0v) is 15.6. The Morgan fingerprint density at radius 1 is 1.19 bits per heavy atom. The lowest BCUT2D eigenvalue weighted by atomic mass is 10.2. The van der Waals surface area contributed by atoms with Crippen LogP contribution in [0.1, 0.15) is 10.4 Å². The van der Waals surface area contributed by atoms with Gasteiger partial charge in [-0.3, -0.25) is 9.69 Å². The predicted molar refractivity (Wildman–Crippen MR) is 103 cm³/mol. The number of pyridine rings is 1. The lowest BCUT2D eigenvalue weighted by molar-refractivity contribution is 0.0944. The molecule has 2 heterocycles. The van der Waals surface area contributed by atoms with Gasteiger partial charge in [0.05, 0.1) is 5.56 Å². The SMILES string of the molecule is CSc1ncccc1C(=O)NCCN1CCN(c2ccc(F)cc2)CC1. The van der Waals surface area contributed by atoms with E-state index in [1.165, 1.54) is 23.9 Å². The topological polar surface area (TPSA) is 48.5 Å². The van der Waals surface area contributed by atoms with Crippen LogP contribution in [0.3, 0.4) is 0 Å². The zero-order chi connectivity index (χ0) is 18.4. The molecule has 0 saturated carbocycles. The van der Waals surface area contributed by atoms with Gasteiger partial charge in [0.15, 0.2) is 0 Å². The van der Waals surface area contributed by atoms with E-state index in [2.05, 4.69) is 20.1 Å². The molecule has 1 fully saturated rings. The van der Waals surface area contributed by atoms with Crippen LogP contribution in [-0.2, 0) is 0 Å². The standard InChI is InChI=1S/C19H23FN4OS/c1-26-19-17(3-2-8-22-19)18(25)21-9-10-23-11-13-24(14-12-23)16-6-4-15(20)5-7-16/h2-8H,9-14H2,1H3,(H,21,25). The van der Waals surface area contributed by atoms with Crippen molar-refractivity contribution in [2.45, 2.75) is 5.03 Å². The normalized spacial score (nSPS) is 15.1. The van der Waals surface area contributed by atoms with Crippen LogP contribution in [0, 0.1) is 5.82 Å². The van der Waals surface area contributed by atoms with Crippen molar-refractivity contribution in [1.29, 1.82) is 0 Å². The predicted octanol–water partition coefficient (Wildman–Crippen LogP) is 2.49. The summed E-state index contributed by atoms with van der Waals surface area (Å²) in [5, 5.41) is 3.73. The van der Waals surface area contributed by atoms with E-state index in [1.807, 2.05) is 18.4 Å². The van der Waals surface area contributed by atoms with Gasteiger partial charge in [0.2, 0.25) is 0 Å². The Bertz CT molecular complexity index is 733. The van der Waals surface area contributed by atoms with Crippen molar-refractivity contribution in [3.63, 3.8) is 0 Å². The highest BCUT2D eigenvalue weighted by molar-refractivity contribution is 7.98. The van der Waals surface area contributed by atoms with Crippen molar-refractivity contribution >= 4 is 23.4 Å². The third kappa shape index (κ3) is 4.74. The van der Waals surface area contributed by atoms with Gasteiger partial charge in [-0.05, 0) is 42.7 Å². The Labute approximate surface area is 157 Å². The Morgan fingerprint density at radius 2 is 1.92 bits per heavy atom. The molecule has 0 spiro atoms. The van der Waals surface area contributed by atoms with Crippen molar-refractivity contribution in [3.05, 3.63) is 54.0 Å². The van der Waals surface area contributed by atoms with Gasteiger partial charge in [-0.2, -0.15) is 0 Å². The minimum Gasteiger partial charge on any atom is -0.369 e. The lowest BCUT2D eigenvalue weighted by Crippen LogP contribution is -2.48. The van der Waals surface area contributed by atoms with Crippen molar-refractivity contribution in [3.8, 4) is 0 Å². The zero-order valence-electron chi connectivity index (χ0n) is 14.8. The van der Waals surface area contributed by atoms with Gasteiger partial charge in [-0.15, -0.1) is 11.8 Å². The fraction of sp³-hybridized carbons (Fsp3) is 0.368. The molecule has 1 amide bonds. The number of nitrogens with one attached hydrogen (secondary N) is 1. The summed E-state index contributed by atoms with van der Waals surface area (Å²) < 4.78 is 13.0. The van der Waals surface area contributed by atoms with Gasteiger partial charge in [0, 0.05) is 51.2 Å². The summed E-state index contributed by atoms with van der Waals surface area (Å²) in [6.07, 6.45) is 3.61. The highest BCUT2D eigenvalue weighted by atomic mass is 32.2. The number of benzene rings is 1. The first-order valence-corrected chi connectivity index (χ1v) is 9.90. The maximum Gasteiger partial charge on any atom is 0.254 e. The summed E-state index contributed by atoms with van der Waals surface area (Å²) >= 11 is 1.47. The Balaban J connectivity index is 1.42. The molecule has 0 bridgehead atoms. The minimum absolute atomic E-state index is 0.0765. The summed E-state index contributed by atoms with van der Waals surface area (Å²) in [5.74, 6) is -0.284. The lowest BCUT2D eigenvalue weighted by Gasteiger charge is -2.36. The Kier molecular flexibility index (Phi) is 6.46. The van der Waals surface area contributed by atoms with E-state index in [-0.39, 0.29) is 11.7 Å². The van der Waals surface area contributed by atoms with E-state index >= 15 is 0 Å². The molecule has 26 heavy (non-hydrogen) atoms. The van der Waals surface area contributed by atoms with Crippen LogP contribution in [0.4, 0.5) is 10.1 Å². The van der Waals surface area contributed by atoms with Crippen molar-refractivity contribution in [2.75, 3.05) is 50.4 Å². The van der Waals surface area contributed by atoms with Gasteiger partial charge in [-0.1, -0.05) is 0 Å². The average Bonchev–Trinajstić information content (AvgIpc) is 2.69. The van der Waals surface area contributed by atoms with E-state index in [9.17, 15) is 9.18 Å². The molecule has 5 nitrogen and oxygen atoms in total. The monoisotopic (exact) mass is 374 g/mol. The molecule has 2 aromatic rings. The van der Waals surface area contributed by atoms with Gasteiger partial charge in [0.1, 0.15) is 10.8 Å². The second-order valence-electron chi connectivity index (χ2n) is 6.12. The first-order chi connectivity index (χ1) is 12.7. The van der Waals surface area contributed by atoms with Crippen molar-refractivity contribution < 1.29 is 9.18 Å². The number of aromatic nitrogens is 1. The number of hydrogen-bond acceptors (Lipinski definition) is 5. The summed E-state index contributed by atoms with van der Waals surface area (Å²) in [6, 6.07) is 10.2. The molecule has 7 heteroatoms. The van der Waals surface area contributed by atoms with E-state index < -0.39 is 0 Å². The van der Waals surface area contributed by atoms with Gasteiger partial charge >= 0.3 is 0 Å². The van der Waals surface area contributed by atoms with Crippen LogP contribution in [0.2, 0.25) is 0 Å². The van der Waals surface area contributed by atoms with Crippen LogP contribution < -0.4 is 10.2 Å². The Hall–Kier alpha value is -2.12. The third-order valence-electron chi connectivity index (χ3n) is 4.49. The third-order valence-corrected chi connectivity index (χ3v) is 5.20. The molecule has 1 aromatic heterocycles. The maximum atomic E-state index is 13.0. The summed E-state index contributed by atoms with van der Waals surface area (Å²) in [5.41, 5.74) is 1.68. The first-order valence-electron chi connectivity index (χ1n) is 8.67. The van der Waals surface area contributed by atoms with Crippen LogP contribution in [-0.4, -0.2) is 61.3 Å². The largest absolute Gasteiger partial charge is 0.369 e. The van der Waals surface area contributed by atoms with Crippen molar-refractivity contribution in [1.82, 2.24) is 15.2 Å². The number of amides is 1. The number of carbonyl (C=O) groups excluding carboxylic acids is 1. The molecule has 138 valence electrons. The molecule has 1 aliphatic rings. The second kappa shape index (κ2) is 9.00. The molecular weight excluding hydrogens is 351 g/mol. The maximum absolute atomic E-state index is 13.0. The highest BCUT2D eigenvalue weighted by Gasteiger charge is 2.17. The van der Waals surface area contributed by atoms with Crippen LogP contribution in [0.15, 0.2) is 47.6 Å². The molecule has 0 aliphatic carbocycles. The molecule has 0 atom stereocenters. The number of carbonyl (C=O) groups is 1. The number of nitrogens with zero attached hydrogens (tertiary/aromatic N) is 3. The summed E-state index contributed by atoms with van der Waals surface area (Å²) in [4.78, 5) is 21.1. The van der Waals surface area contributed by atoms with Crippen LogP contribution in [0.5, 0.6) is 0 Å². The second-order valence-corrected chi connectivity index (χ2v) is 6.92. The molecule has 1 N–H and O–H groups in total. The van der Waals surface area contributed by atoms with Crippen LogP contribution >= 0.6 is 11.8 Å². The molecule has 0 radical (unpaired) electrons. The summed E-state index contributed by atoms with van der Waals surface area (Å²) in [6.45, 7) is 5.08. The average molecular weight is 374 g/mol. The quantitative estimate of drug-likeness (QED) is 0.788. The molecule has 0 unspecified atom stereocenters. The molecule has 3 rings (SSSR count). The Morgan fingerprint density at radius 3 is 2.62 bits per heavy atom. The van der Waals surface area contributed by atoms with Gasteiger partial charge in [0.25, 0.3) is 5.91 Å². The van der Waals surface area contributed by atoms with Gasteiger partial charge < -0.3 is 10.2 Å². The van der Waals surface area contributed by atoms with Crippen molar-refractivity contribution in [2.24, 2.45) is 0 Å². The fourth-order valence-electron chi connectivity index (χ4n) is 3.03. The van der Waals surface area contributed by atoms with E-state index in [4.69, 9.17) is 0 Å². The van der Waals surface area contributed by atoms with Gasteiger partial charge in [-0.25, -0.2) is 9.37 Å². The molecule has 1 aromatic carbocycles. The van der Waals surface area contributed by atoms with E-state index in [1.54, 1.807) is 18.3 Å². The van der Waals surface area contributed by atoms with E-state index in [0.717, 1.165) is 43.4 Å². The first kappa shape index (κ1) is 18.7. The number of rotatable bonds is 6. The molecule has 1 saturated heterocycles. The van der Waals surface area contributed by atoms with E-state index in [0.29, 0.717) is 12.1 Å². The number of anilines is 1. The smallest absolute Gasteiger partial charge is 0.254 e.